The highest BCUT2D eigenvalue weighted by molar-refractivity contribution is 5.95. The Bertz CT molecular complexity index is 696. The molecular formula is C17H18N2O4. The Hall–Kier alpha value is -3.02. The SMILES string of the molecule is COc1ccc(C(=O)N/N=C/c2ccc(OC)cc2OC)cc1. The van der Waals surface area contributed by atoms with Gasteiger partial charge in [-0.2, -0.15) is 5.10 Å². The van der Waals surface area contributed by atoms with Gasteiger partial charge in [0.2, 0.25) is 0 Å². The first-order chi connectivity index (χ1) is 11.2. The standard InChI is InChI=1S/C17H18N2O4/c1-21-14-7-4-12(5-8-14)17(20)19-18-11-13-6-9-15(22-2)10-16(13)23-3/h4-11H,1-3H3,(H,19,20)/b18-11+. The Morgan fingerprint density at radius 3 is 2.22 bits per heavy atom. The fourth-order valence-electron chi connectivity index (χ4n) is 1.89. The fourth-order valence-corrected chi connectivity index (χ4v) is 1.89. The van der Waals surface area contributed by atoms with E-state index in [1.807, 2.05) is 0 Å². The smallest absolute Gasteiger partial charge is 0.271 e. The zero-order chi connectivity index (χ0) is 16.7. The number of benzene rings is 2. The zero-order valence-electron chi connectivity index (χ0n) is 13.2. The fraction of sp³-hybridized carbons (Fsp3) is 0.176. The summed E-state index contributed by atoms with van der Waals surface area (Å²) >= 11 is 0. The lowest BCUT2D eigenvalue weighted by molar-refractivity contribution is 0.0955. The number of methoxy groups -OCH3 is 3. The average Bonchev–Trinajstić information content (AvgIpc) is 2.61. The van der Waals surface area contributed by atoms with Gasteiger partial charge in [-0.05, 0) is 36.4 Å². The van der Waals surface area contributed by atoms with E-state index in [9.17, 15) is 4.79 Å². The number of hydrazone groups is 1. The Morgan fingerprint density at radius 1 is 0.957 bits per heavy atom. The molecular weight excluding hydrogens is 296 g/mol. The van der Waals surface area contributed by atoms with E-state index >= 15 is 0 Å². The Morgan fingerprint density at radius 2 is 1.61 bits per heavy atom. The lowest BCUT2D eigenvalue weighted by Crippen LogP contribution is -2.17. The molecule has 2 aromatic rings. The largest absolute Gasteiger partial charge is 0.497 e. The maximum absolute atomic E-state index is 12.0. The van der Waals surface area contributed by atoms with Crippen LogP contribution in [0.25, 0.3) is 0 Å². The molecule has 0 fully saturated rings. The Labute approximate surface area is 134 Å². The molecule has 0 aliphatic heterocycles. The van der Waals surface area contributed by atoms with Gasteiger partial charge in [-0.25, -0.2) is 5.43 Å². The molecule has 23 heavy (non-hydrogen) atoms. The highest BCUT2D eigenvalue weighted by Gasteiger charge is 2.05. The molecule has 2 rings (SSSR count). The zero-order valence-corrected chi connectivity index (χ0v) is 13.2. The number of carbonyl (C=O) groups is 1. The first kappa shape index (κ1) is 16.4. The van der Waals surface area contributed by atoms with Crippen molar-refractivity contribution in [3.05, 3.63) is 53.6 Å². The lowest BCUT2D eigenvalue weighted by Gasteiger charge is -2.07. The summed E-state index contributed by atoms with van der Waals surface area (Å²) in [6, 6.07) is 12.1. The van der Waals surface area contributed by atoms with Gasteiger partial charge in [0.15, 0.2) is 0 Å². The molecule has 0 radical (unpaired) electrons. The third-order valence-electron chi connectivity index (χ3n) is 3.16. The van der Waals surface area contributed by atoms with E-state index in [-0.39, 0.29) is 5.91 Å². The van der Waals surface area contributed by atoms with E-state index in [4.69, 9.17) is 14.2 Å². The summed E-state index contributed by atoms with van der Waals surface area (Å²) in [4.78, 5) is 12.0. The van der Waals surface area contributed by atoms with Crippen LogP contribution in [0.2, 0.25) is 0 Å². The number of hydrogen-bond acceptors (Lipinski definition) is 5. The van der Waals surface area contributed by atoms with Gasteiger partial charge in [0, 0.05) is 17.2 Å². The molecule has 6 heteroatoms. The van der Waals surface area contributed by atoms with Crippen LogP contribution in [-0.2, 0) is 0 Å². The Balaban J connectivity index is 2.04. The topological polar surface area (TPSA) is 69.2 Å². The second-order valence-electron chi connectivity index (χ2n) is 4.54. The summed E-state index contributed by atoms with van der Waals surface area (Å²) in [6.45, 7) is 0. The van der Waals surface area contributed by atoms with Crippen molar-refractivity contribution in [3.63, 3.8) is 0 Å². The Kier molecular flexibility index (Phi) is 5.57. The summed E-state index contributed by atoms with van der Waals surface area (Å²) < 4.78 is 15.4. The highest BCUT2D eigenvalue weighted by Crippen LogP contribution is 2.23. The van der Waals surface area contributed by atoms with Crippen LogP contribution in [0.4, 0.5) is 0 Å². The molecule has 6 nitrogen and oxygen atoms in total. The normalized spacial score (nSPS) is 10.4. The first-order valence-corrected chi connectivity index (χ1v) is 6.87. The van der Waals surface area contributed by atoms with Crippen LogP contribution in [0.5, 0.6) is 17.2 Å². The average molecular weight is 314 g/mol. The van der Waals surface area contributed by atoms with E-state index < -0.39 is 0 Å². The maximum atomic E-state index is 12.0. The van der Waals surface area contributed by atoms with Gasteiger partial charge < -0.3 is 14.2 Å². The van der Waals surface area contributed by atoms with Crippen LogP contribution in [0.3, 0.4) is 0 Å². The van der Waals surface area contributed by atoms with E-state index in [1.165, 1.54) is 6.21 Å². The molecule has 0 aliphatic carbocycles. The third kappa shape index (κ3) is 4.23. The van der Waals surface area contributed by atoms with Gasteiger partial charge in [0.25, 0.3) is 5.91 Å². The predicted molar refractivity (Wildman–Crippen MR) is 87.6 cm³/mol. The second kappa shape index (κ2) is 7.84. The first-order valence-electron chi connectivity index (χ1n) is 6.87. The summed E-state index contributed by atoms with van der Waals surface area (Å²) in [6.07, 6.45) is 1.51. The van der Waals surface area contributed by atoms with Gasteiger partial charge in [-0.1, -0.05) is 0 Å². The van der Waals surface area contributed by atoms with E-state index in [0.717, 1.165) is 5.56 Å². The molecule has 0 saturated heterocycles. The van der Waals surface area contributed by atoms with Gasteiger partial charge in [-0.3, -0.25) is 4.79 Å². The molecule has 0 spiro atoms. The van der Waals surface area contributed by atoms with Crippen LogP contribution in [0.1, 0.15) is 15.9 Å². The van der Waals surface area contributed by atoms with Crippen LogP contribution < -0.4 is 19.6 Å². The number of rotatable bonds is 6. The molecule has 1 amide bonds. The predicted octanol–water partition coefficient (Wildman–Crippen LogP) is 2.48. The maximum Gasteiger partial charge on any atom is 0.271 e. The van der Waals surface area contributed by atoms with E-state index in [1.54, 1.807) is 63.8 Å². The molecule has 0 aliphatic rings. The number of nitrogens with zero attached hydrogens (tertiary/aromatic N) is 1. The van der Waals surface area contributed by atoms with Gasteiger partial charge >= 0.3 is 0 Å². The summed E-state index contributed by atoms with van der Waals surface area (Å²) in [7, 11) is 4.71. The molecule has 0 unspecified atom stereocenters. The van der Waals surface area contributed by atoms with Crippen LogP contribution in [0, 0.1) is 0 Å². The van der Waals surface area contributed by atoms with E-state index in [2.05, 4.69) is 10.5 Å². The monoisotopic (exact) mass is 314 g/mol. The quantitative estimate of drug-likeness (QED) is 0.657. The minimum absolute atomic E-state index is 0.309. The molecule has 0 aromatic heterocycles. The number of amides is 1. The summed E-state index contributed by atoms with van der Waals surface area (Å²) in [5, 5.41) is 3.95. The lowest BCUT2D eigenvalue weighted by atomic mass is 10.2. The minimum Gasteiger partial charge on any atom is -0.497 e. The molecule has 0 bridgehead atoms. The number of nitrogens with one attached hydrogen (secondary N) is 1. The number of carbonyl (C=O) groups excluding carboxylic acids is 1. The van der Waals surface area contributed by atoms with Crippen LogP contribution in [0.15, 0.2) is 47.6 Å². The minimum atomic E-state index is -0.309. The van der Waals surface area contributed by atoms with Crippen LogP contribution >= 0.6 is 0 Å². The van der Waals surface area contributed by atoms with Crippen molar-refractivity contribution in [1.29, 1.82) is 0 Å². The highest BCUT2D eigenvalue weighted by atomic mass is 16.5. The van der Waals surface area contributed by atoms with Gasteiger partial charge in [0.1, 0.15) is 17.2 Å². The van der Waals surface area contributed by atoms with Crippen molar-refractivity contribution in [2.75, 3.05) is 21.3 Å². The molecule has 2 aromatic carbocycles. The van der Waals surface area contributed by atoms with Crippen LogP contribution in [-0.4, -0.2) is 33.5 Å². The number of ether oxygens (including phenoxy) is 3. The van der Waals surface area contributed by atoms with Gasteiger partial charge in [0.05, 0.1) is 27.5 Å². The van der Waals surface area contributed by atoms with Crippen molar-refractivity contribution >= 4 is 12.1 Å². The third-order valence-corrected chi connectivity index (χ3v) is 3.16. The van der Waals surface area contributed by atoms with Crippen molar-refractivity contribution in [2.45, 2.75) is 0 Å². The second-order valence-corrected chi connectivity index (χ2v) is 4.54. The summed E-state index contributed by atoms with van der Waals surface area (Å²) in [5.41, 5.74) is 3.68. The van der Waals surface area contributed by atoms with Crippen molar-refractivity contribution in [2.24, 2.45) is 5.10 Å². The molecule has 120 valence electrons. The molecule has 0 heterocycles. The molecule has 0 saturated carbocycles. The summed E-state index contributed by atoms with van der Waals surface area (Å²) in [5.74, 6) is 1.66. The van der Waals surface area contributed by atoms with Crippen molar-refractivity contribution in [1.82, 2.24) is 5.43 Å². The van der Waals surface area contributed by atoms with E-state index in [0.29, 0.717) is 22.8 Å². The molecule has 0 atom stereocenters. The van der Waals surface area contributed by atoms with Crippen molar-refractivity contribution < 1.29 is 19.0 Å². The van der Waals surface area contributed by atoms with Gasteiger partial charge in [-0.15, -0.1) is 0 Å². The molecule has 1 N–H and O–H groups in total. The van der Waals surface area contributed by atoms with Crippen molar-refractivity contribution in [3.8, 4) is 17.2 Å². The number of hydrogen-bond donors (Lipinski definition) is 1.